The Hall–Kier alpha value is -2.48. The van der Waals surface area contributed by atoms with Crippen LogP contribution in [0.3, 0.4) is 0 Å². The van der Waals surface area contributed by atoms with Crippen LogP contribution in [0.5, 0.6) is 0 Å². The third kappa shape index (κ3) is 3.70. The van der Waals surface area contributed by atoms with Gasteiger partial charge in [0.25, 0.3) is 5.91 Å². The van der Waals surface area contributed by atoms with E-state index in [0.717, 1.165) is 0 Å². The maximum Gasteiger partial charge on any atom is 0.331 e. The number of nitrogens with one attached hydrogen (secondary N) is 1. The standard InChI is InChI=1S/C18H21FN2O5/c19-14-5-3-12(4-6-14)16(23)21-8-1-2-13(10-21)15(22)20-18(17(24)25)7-9-26-11-18/h3-6,13H,1-2,7-11H2,(H,20,22)(H,24,25). The molecule has 140 valence electrons. The highest BCUT2D eigenvalue weighted by molar-refractivity contribution is 5.95. The van der Waals surface area contributed by atoms with Crippen LogP contribution in [-0.2, 0) is 14.3 Å². The minimum Gasteiger partial charge on any atom is -0.479 e. The number of carboxylic acids is 1. The van der Waals surface area contributed by atoms with Gasteiger partial charge in [0.05, 0.1) is 12.5 Å². The summed E-state index contributed by atoms with van der Waals surface area (Å²) in [5.41, 5.74) is -1.03. The van der Waals surface area contributed by atoms with E-state index in [9.17, 15) is 23.9 Å². The topological polar surface area (TPSA) is 95.9 Å². The van der Waals surface area contributed by atoms with Crippen LogP contribution >= 0.6 is 0 Å². The minimum absolute atomic E-state index is 0.0565. The monoisotopic (exact) mass is 364 g/mol. The Morgan fingerprint density at radius 2 is 2.00 bits per heavy atom. The number of carboxylic acid groups (broad SMARTS) is 1. The average molecular weight is 364 g/mol. The van der Waals surface area contributed by atoms with Crippen LogP contribution in [-0.4, -0.2) is 59.6 Å². The minimum atomic E-state index is -1.39. The van der Waals surface area contributed by atoms with E-state index in [1.807, 2.05) is 0 Å². The highest BCUT2D eigenvalue weighted by Crippen LogP contribution is 2.23. The average Bonchev–Trinajstić information content (AvgIpc) is 3.12. The number of halogens is 1. The van der Waals surface area contributed by atoms with Crippen molar-refractivity contribution in [2.24, 2.45) is 5.92 Å². The number of ether oxygens (including phenoxy) is 1. The maximum atomic E-state index is 13.0. The van der Waals surface area contributed by atoms with Gasteiger partial charge in [-0.1, -0.05) is 0 Å². The summed E-state index contributed by atoms with van der Waals surface area (Å²) in [7, 11) is 0. The molecule has 1 aromatic rings. The summed E-state index contributed by atoms with van der Waals surface area (Å²) in [5.74, 6) is -2.66. The van der Waals surface area contributed by atoms with Gasteiger partial charge in [-0.3, -0.25) is 9.59 Å². The SMILES string of the molecule is O=C(NC1(C(=O)O)CCOC1)C1CCCN(C(=O)c2ccc(F)cc2)C1. The van der Waals surface area contributed by atoms with Gasteiger partial charge in [0.2, 0.25) is 5.91 Å². The fourth-order valence-electron chi connectivity index (χ4n) is 3.37. The summed E-state index contributed by atoms with van der Waals surface area (Å²) in [5, 5.41) is 12.0. The number of piperidine rings is 1. The maximum absolute atomic E-state index is 13.0. The molecule has 0 radical (unpaired) electrons. The zero-order valence-electron chi connectivity index (χ0n) is 14.2. The summed E-state index contributed by atoms with van der Waals surface area (Å²) >= 11 is 0. The van der Waals surface area contributed by atoms with E-state index in [-0.39, 0.29) is 38.0 Å². The van der Waals surface area contributed by atoms with Gasteiger partial charge in [0.15, 0.2) is 5.54 Å². The zero-order valence-corrected chi connectivity index (χ0v) is 14.2. The predicted octanol–water partition coefficient (Wildman–Crippen LogP) is 1.04. The van der Waals surface area contributed by atoms with E-state index >= 15 is 0 Å². The summed E-state index contributed by atoms with van der Waals surface area (Å²) in [4.78, 5) is 38.2. The Labute approximate surface area is 150 Å². The fraction of sp³-hybridized carbons (Fsp3) is 0.500. The Kier molecular flexibility index (Phi) is 5.22. The third-order valence-electron chi connectivity index (χ3n) is 4.96. The van der Waals surface area contributed by atoms with E-state index in [1.54, 1.807) is 4.90 Å². The van der Waals surface area contributed by atoms with Crippen molar-refractivity contribution < 1.29 is 28.6 Å². The lowest BCUT2D eigenvalue weighted by molar-refractivity contribution is -0.148. The molecular weight excluding hydrogens is 343 g/mol. The molecule has 0 bridgehead atoms. The Morgan fingerprint density at radius 3 is 2.62 bits per heavy atom. The van der Waals surface area contributed by atoms with Crippen molar-refractivity contribution in [3.8, 4) is 0 Å². The van der Waals surface area contributed by atoms with E-state index in [2.05, 4.69) is 5.32 Å². The smallest absolute Gasteiger partial charge is 0.331 e. The van der Waals surface area contributed by atoms with Crippen molar-refractivity contribution in [1.82, 2.24) is 10.2 Å². The quantitative estimate of drug-likeness (QED) is 0.832. The van der Waals surface area contributed by atoms with Crippen molar-refractivity contribution in [2.45, 2.75) is 24.8 Å². The molecule has 2 N–H and O–H groups in total. The zero-order chi connectivity index (χ0) is 18.7. The summed E-state index contributed by atoms with van der Waals surface area (Å²) in [6.45, 7) is 0.942. The van der Waals surface area contributed by atoms with Crippen LogP contribution in [0.4, 0.5) is 4.39 Å². The van der Waals surface area contributed by atoms with Crippen molar-refractivity contribution in [3.63, 3.8) is 0 Å². The molecule has 2 heterocycles. The van der Waals surface area contributed by atoms with E-state index in [1.165, 1.54) is 24.3 Å². The number of carbonyl (C=O) groups excluding carboxylic acids is 2. The summed E-state index contributed by atoms with van der Waals surface area (Å²) < 4.78 is 18.2. The van der Waals surface area contributed by atoms with Gasteiger partial charge in [0, 0.05) is 31.7 Å². The number of likely N-dealkylation sites (tertiary alicyclic amines) is 1. The Balaban J connectivity index is 1.66. The number of aliphatic carboxylic acids is 1. The van der Waals surface area contributed by atoms with Gasteiger partial charge in [0.1, 0.15) is 5.82 Å². The van der Waals surface area contributed by atoms with Crippen LogP contribution in [0.25, 0.3) is 0 Å². The van der Waals surface area contributed by atoms with Crippen LogP contribution < -0.4 is 5.32 Å². The molecule has 0 saturated carbocycles. The number of hydrogen-bond acceptors (Lipinski definition) is 4. The lowest BCUT2D eigenvalue weighted by Crippen LogP contribution is -2.58. The van der Waals surface area contributed by atoms with Gasteiger partial charge < -0.3 is 20.1 Å². The number of benzene rings is 1. The van der Waals surface area contributed by atoms with Crippen molar-refractivity contribution in [1.29, 1.82) is 0 Å². The van der Waals surface area contributed by atoms with Crippen molar-refractivity contribution in [3.05, 3.63) is 35.6 Å². The van der Waals surface area contributed by atoms with Gasteiger partial charge >= 0.3 is 5.97 Å². The first kappa shape index (κ1) is 18.3. The second-order valence-electron chi connectivity index (χ2n) is 6.78. The number of amides is 2. The van der Waals surface area contributed by atoms with Crippen molar-refractivity contribution in [2.75, 3.05) is 26.3 Å². The molecule has 2 amide bonds. The molecule has 0 spiro atoms. The molecule has 3 rings (SSSR count). The molecule has 1 aromatic carbocycles. The molecule has 7 nitrogen and oxygen atoms in total. The molecule has 2 aliphatic rings. The largest absolute Gasteiger partial charge is 0.479 e. The van der Waals surface area contributed by atoms with Crippen LogP contribution in [0.1, 0.15) is 29.6 Å². The number of rotatable bonds is 4. The summed E-state index contributed by atoms with van der Waals surface area (Å²) in [6, 6.07) is 5.27. The van der Waals surface area contributed by atoms with Gasteiger partial charge in [-0.25, -0.2) is 9.18 Å². The Bertz CT molecular complexity index is 700. The molecule has 2 unspecified atom stereocenters. The lowest BCUT2D eigenvalue weighted by Gasteiger charge is -2.34. The normalized spacial score (nSPS) is 25.7. The molecule has 2 fully saturated rings. The molecule has 0 aromatic heterocycles. The first-order valence-corrected chi connectivity index (χ1v) is 8.59. The Morgan fingerprint density at radius 1 is 1.27 bits per heavy atom. The molecule has 2 aliphatic heterocycles. The van der Waals surface area contributed by atoms with Gasteiger partial charge in [-0.05, 0) is 37.1 Å². The summed E-state index contributed by atoms with van der Waals surface area (Å²) in [6.07, 6.45) is 1.44. The van der Waals surface area contributed by atoms with E-state index in [4.69, 9.17) is 4.74 Å². The van der Waals surface area contributed by atoms with E-state index < -0.39 is 23.2 Å². The van der Waals surface area contributed by atoms with Crippen molar-refractivity contribution >= 4 is 17.8 Å². The highest BCUT2D eigenvalue weighted by atomic mass is 19.1. The van der Waals surface area contributed by atoms with Crippen LogP contribution in [0.15, 0.2) is 24.3 Å². The molecule has 26 heavy (non-hydrogen) atoms. The first-order chi connectivity index (χ1) is 12.4. The fourth-order valence-corrected chi connectivity index (χ4v) is 3.37. The number of hydrogen-bond donors (Lipinski definition) is 2. The molecule has 8 heteroatoms. The third-order valence-corrected chi connectivity index (χ3v) is 4.96. The van der Waals surface area contributed by atoms with Crippen LogP contribution in [0.2, 0.25) is 0 Å². The molecule has 2 atom stereocenters. The van der Waals surface area contributed by atoms with E-state index in [0.29, 0.717) is 24.9 Å². The second-order valence-corrected chi connectivity index (χ2v) is 6.78. The molecular formula is C18H21FN2O5. The number of carbonyl (C=O) groups is 3. The lowest BCUT2D eigenvalue weighted by atomic mass is 9.93. The number of nitrogens with zero attached hydrogens (tertiary/aromatic N) is 1. The first-order valence-electron chi connectivity index (χ1n) is 8.59. The molecule has 2 saturated heterocycles. The van der Waals surface area contributed by atoms with Gasteiger partial charge in [-0.15, -0.1) is 0 Å². The van der Waals surface area contributed by atoms with Crippen LogP contribution in [0, 0.1) is 11.7 Å². The highest BCUT2D eigenvalue weighted by Gasteiger charge is 2.45. The molecule has 0 aliphatic carbocycles. The second kappa shape index (κ2) is 7.41. The predicted molar refractivity (Wildman–Crippen MR) is 89.0 cm³/mol. The van der Waals surface area contributed by atoms with Gasteiger partial charge in [-0.2, -0.15) is 0 Å².